The van der Waals surface area contributed by atoms with E-state index >= 15 is 0 Å². The third-order valence-electron chi connectivity index (χ3n) is 3.08. The van der Waals surface area contributed by atoms with Crippen molar-refractivity contribution in [2.24, 2.45) is 11.8 Å². The number of carbonyl (C=O) groups is 2. The first-order valence-electron chi connectivity index (χ1n) is 5.44. The predicted molar refractivity (Wildman–Crippen MR) is 58.6 cm³/mol. The molecule has 90 valence electrons. The standard InChI is InChI=1S/C12H18O4/c1-8-6-4-5-7-9(8)10(11(13)15-2)12(14)16-3/h6,9-10H,4-5,7H2,1-3H3/t9-/m0/s1. The average Bonchev–Trinajstić information content (AvgIpc) is 2.31. The molecule has 4 heteroatoms. The highest BCUT2D eigenvalue weighted by atomic mass is 16.5. The van der Waals surface area contributed by atoms with Crippen LogP contribution in [-0.4, -0.2) is 26.2 Å². The Hall–Kier alpha value is -1.32. The molecule has 0 aliphatic heterocycles. The highest BCUT2D eigenvalue weighted by molar-refractivity contribution is 5.95. The number of ether oxygens (including phenoxy) is 2. The summed E-state index contributed by atoms with van der Waals surface area (Å²) in [5.74, 6) is -1.90. The number of hydrogen-bond acceptors (Lipinski definition) is 4. The van der Waals surface area contributed by atoms with Crippen LogP contribution in [0.4, 0.5) is 0 Å². The zero-order valence-corrected chi connectivity index (χ0v) is 9.99. The molecular formula is C12H18O4. The lowest BCUT2D eigenvalue weighted by Crippen LogP contribution is -2.34. The monoisotopic (exact) mass is 226 g/mol. The first-order valence-corrected chi connectivity index (χ1v) is 5.44. The zero-order valence-electron chi connectivity index (χ0n) is 9.99. The minimum Gasteiger partial charge on any atom is -0.468 e. The SMILES string of the molecule is COC(=O)C(C(=O)OC)[C@H]1CCCC=C1C. The fourth-order valence-corrected chi connectivity index (χ4v) is 2.15. The fraction of sp³-hybridized carbons (Fsp3) is 0.667. The van der Waals surface area contributed by atoms with E-state index in [1.54, 1.807) is 0 Å². The summed E-state index contributed by atoms with van der Waals surface area (Å²) >= 11 is 0. The van der Waals surface area contributed by atoms with Crippen LogP contribution in [0.2, 0.25) is 0 Å². The molecule has 1 aliphatic carbocycles. The average molecular weight is 226 g/mol. The number of esters is 2. The summed E-state index contributed by atoms with van der Waals surface area (Å²) in [4.78, 5) is 23.2. The zero-order chi connectivity index (χ0) is 12.1. The molecule has 0 spiro atoms. The first-order chi connectivity index (χ1) is 7.61. The molecule has 0 unspecified atom stereocenters. The topological polar surface area (TPSA) is 52.6 Å². The van der Waals surface area contributed by atoms with E-state index in [1.807, 2.05) is 6.92 Å². The van der Waals surface area contributed by atoms with Crippen LogP contribution in [0.25, 0.3) is 0 Å². The van der Waals surface area contributed by atoms with Gasteiger partial charge >= 0.3 is 11.9 Å². The van der Waals surface area contributed by atoms with Gasteiger partial charge in [0.1, 0.15) is 0 Å². The maximum Gasteiger partial charge on any atom is 0.320 e. The van der Waals surface area contributed by atoms with Gasteiger partial charge in [-0.2, -0.15) is 0 Å². The normalized spacial score (nSPS) is 20.2. The fourth-order valence-electron chi connectivity index (χ4n) is 2.15. The third-order valence-corrected chi connectivity index (χ3v) is 3.08. The van der Waals surface area contributed by atoms with Crippen molar-refractivity contribution in [3.8, 4) is 0 Å². The van der Waals surface area contributed by atoms with Gasteiger partial charge in [-0.05, 0) is 26.2 Å². The lowest BCUT2D eigenvalue weighted by Gasteiger charge is -2.26. The summed E-state index contributed by atoms with van der Waals surface area (Å²) in [6, 6.07) is 0. The van der Waals surface area contributed by atoms with Gasteiger partial charge in [0.2, 0.25) is 0 Å². The number of allylic oxidation sites excluding steroid dienone is 2. The second kappa shape index (κ2) is 5.68. The molecule has 0 aromatic rings. The van der Waals surface area contributed by atoms with Gasteiger partial charge in [-0.25, -0.2) is 0 Å². The maximum atomic E-state index is 11.6. The Bertz CT molecular complexity index is 290. The van der Waals surface area contributed by atoms with E-state index in [-0.39, 0.29) is 5.92 Å². The van der Waals surface area contributed by atoms with Crippen LogP contribution in [0, 0.1) is 11.8 Å². The summed E-state index contributed by atoms with van der Waals surface area (Å²) in [5.41, 5.74) is 1.08. The number of carbonyl (C=O) groups excluding carboxylic acids is 2. The van der Waals surface area contributed by atoms with Crippen LogP contribution in [0.1, 0.15) is 26.2 Å². The Morgan fingerprint density at radius 1 is 1.31 bits per heavy atom. The summed E-state index contributed by atoms with van der Waals surface area (Å²) in [7, 11) is 2.58. The van der Waals surface area contributed by atoms with Gasteiger partial charge in [-0.15, -0.1) is 0 Å². The molecule has 1 rings (SSSR count). The van der Waals surface area contributed by atoms with Crippen LogP contribution >= 0.6 is 0 Å². The Labute approximate surface area is 95.6 Å². The Morgan fingerprint density at radius 2 is 1.88 bits per heavy atom. The van der Waals surface area contributed by atoms with Crippen molar-refractivity contribution in [2.45, 2.75) is 26.2 Å². The largest absolute Gasteiger partial charge is 0.468 e. The summed E-state index contributed by atoms with van der Waals surface area (Å²) in [5, 5.41) is 0. The second-order valence-corrected chi connectivity index (χ2v) is 4.01. The van der Waals surface area contributed by atoms with Crippen molar-refractivity contribution in [3.63, 3.8) is 0 Å². The Kier molecular flexibility index (Phi) is 4.52. The summed E-state index contributed by atoms with van der Waals surface area (Å²) in [6.07, 6.45) is 4.91. The van der Waals surface area contributed by atoms with Crippen LogP contribution in [0.3, 0.4) is 0 Å². The van der Waals surface area contributed by atoms with Crippen LogP contribution in [0.15, 0.2) is 11.6 Å². The molecule has 4 nitrogen and oxygen atoms in total. The van der Waals surface area contributed by atoms with Crippen LogP contribution < -0.4 is 0 Å². The van der Waals surface area contributed by atoms with Crippen molar-refractivity contribution in [1.29, 1.82) is 0 Å². The van der Waals surface area contributed by atoms with E-state index in [1.165, 1.54) is 14.2 Å². The van der Waals surface area contributed by atoms with E-state index in [9.17, 15) is 9.59 Å². The quantitative estimate of drug-likeness (QED) is 0.417. The molecular weight excluding hydrogens is 208 g/mol. The van der Waals surface area contributed by atoms with Gasteiger partial charge in [0, 0.05) is 5.92 Å². The lowest BCUT2D eigenvalue weighted by molar-refractivity contribution is -0.161. The van der Waals surface area contributed by atoms with Gasteiger partial charge in [0.05, 0.1) is 14.2 Å². The van der Waals surface area contributed by atoms with Crippen molar-refractivity contribution >= 4 is 11.9 Å². The minimum absolute atomic E-state index is 0.0753. The number of rotatable bonds is 3. The van der Waals surface area contributed by atoms with Crippen LogP contribution in [-0.2, 0) is 19.1 Å². The van der Waals surface area contributed by atoms with E-state index in [0.717, 1.165) is 24.8 Å². The van der Waals surface area contributed by atoms with E-state index < -0.39 is 17.9 Å². The molecule has 0 amide bonds. The molecule has 0 aromatic heterocycles. The smallest absolute Gasteiger partial charge is 0.320 e. The van der Waals surface area contributed by atoms with Gasteiger partial charge in [0.25, 0.3) is 0 Å². The van der Waals surface area contributed by atoms with Crippen molar-refractivity contribution < 1.29 is 19.1 Å². The summed E-state index contributed by atoms with van der Waals surface area (Å²) < 4.78 is 9.34. The molecule has 16 heavy (non-hydrogen) atoms. The lowest BCUT2D eigenvalue weighted by atomic mass is 9.79. The molecule has 0 N–H and O–H groups in total. The van der Waals surface area contributed by atoms with Gasteiger partial charge in [0.15, 0.2) is 5.92 Å². The second-order valence-electron chi connectivity index (χ2n) is 4.01. The maximum absolute atomic E-state index is 11.6. The first kappa shape index (κ1) is 12.7. The van der Waals surface area contributed by atoms with E-state index in [4.69, 9.17) is 0 Å². The number of hydrogen-bond donors (Lipinski definition) is 0. The molecule has 1 aliphatic rings. The molecule has 0 saturated heterocycles. The molecule has 0 radical (unpaired) electrons. The molecule has 0 fully saturated rings. The molecule has 1 atom stereocenters. The molecule has 0 saturated carbocycles. The highest BCUT2D eigenvalue weighted by Gasteiger charge is 2.38. The van der Waals surface area contributed by atoms with Gasteiger partial charge in [-0.1, -0.05) is 11.6 Å². The predicted octanol–water partition coefficient (Wildman–Crippen LogP) is 1.69. The van der Waals surface area contributed by atoms with Crippen LogP contribution in [0.5, 0.6) is 0 Å². The van der Waals surface area contributed by atoms with Gasteiger partial charge in [-0.3, -0.25) is 9.59 Å². The Morgan fingerprint density at radius 3 is 2.31 bits per heavy atom. The minimum atomic E-state index is -0.813. The molecule has 0 aromatic carbocycles. The van der Waals surface area contributed by atoms with Crippen molar-refractivity contribution in [3.05, 3.63) is 11.6 Å². The van der Waals surface area contributed by atoms with Gasteiger partial charge < -0.3 is 9.47 Å². The summed E-state index contributed by atoms with van der Waals surface area (Å²) in [6.45, 7) is 1.95. The van der Waals surface area contributed by atoms with Crippen molar-refractivity contribution in [2.75, 3.05) is 14.2 Å². The van der Waals surface area contributed by atoms with E-state index in [2.05, 4.69) is 15.5 Å². The van der Waals surface area contributed by atoms with Crippen molar-refractivity contribution in [1.82, 2.24) is 0 Å². The third kappa shape index (κ3) is 2.62. The molecule has 0 heterocycles. The highest BCUT2D eigenvalue weighted by Crippen LogP contribution is 2.32. The Balaban J connectivity index is 2.91. The van der Waals surface area contributed by atoms with E-state index in [0.29, 0.717) is 0 Å². The number of methoxy groups -OCH3 is 2. The molecule has 0 bridgehead atoms.